The molecule has 0 aliphatic heterocycles. The van der Waals surface area contributed by atoms with E-state index in [0.717, 1.165) is 11.3 Å². The molecular formula is C12H14N2OS. The van der Waals surface area contributed by atoms with Crippen molar-refractivity contribution >= 4 is 11.3 Å². The van der Waals surface area contributed by atoms with E-state index in [0.29, 0.717) is 0 Å². The van der Waals surface area contributed by atoms with Crippen LogP contribution in [0.15, 0.2) is 41.8 Å². The molecule has 2 aromatic rings. The molecule has 1 atom stereocenters. The normalized spacial score (nSPS) is 12.4. The van der Waals surface area contributed by atoms with Crippen LogP contribution in [0.1, 0.15) is 16.5 Å². The van der Waals surface area contributed by atoms with Crippen molar-refractivity contribution in [3.63, 3.8) is 0 Å². The molecule has 0 saturated carbocycles. The van der Waals surface area contributed by atoms with E-state index >= 15 is 0 Å². The standard InChI is InChI=1S/C12H14N2OS/c1-15-10-6-3-2-5-9(10)12(14-13)11-7-4-8-16-11/h2-8,12,14H,13H2,1H3. The van der Waals surface area contributed by atoms with E-state index in [-0.39, 0.29) is 6.04 Å². The van der Waals surface area contributed by atoms with Gasteiger partial charge < -0.3 is 4.74 Å². The molecule has 0 radical (unpaired) electrons. The lowest BCUT2D eigenvalue weighted by Gasteiger charge is -2.17. The number of hydrogen-bond acceptors (Lipinski definition) is 4. The van der Waals surface area contributed by atoms with Gasteiger partial charge in [0.05, 0.1) is 13.2 Å². The highest BCUT2D eigenvalue weighted by molar-refractivity contribution is 7.10. The van der Waals surface area contributed by atoms with E-state index < -0.39 is 0 Å². The van der Waals surface area contributed by atoms with Crippen LogP contribution in [0.5, 0.6) is 5.75 Å². The lowest BCUT2D eigenvalue weighted by atomic mass is 10.0. The van der Waals surface area contributed by atoms with Crippen LogP contribution in [0.4, 0.5) is 0 Å². The molecule has 4 heteroatoms. The molecule has 1 unspecified atom stereocenters. The van der Waals surface area contributed by atoms with Crippen LogP contribution >= 0.6 is 11.3 Å². The summed E-state index contributed by atoms with van der Waals surface area (Å²) in [6.07, 6.45) is 0. The number of methoxy groups -OCH3 is 1. The Kier molecular flexibility index (Phi) is 3.56. The van der Waals surface area contributed by atoms with Crippen molar-refractivity contribution < 1.29 is 4.74 Å². The lowest BCUT2D eigenvalue weighted by Crippen LogP contribution is -2.28. The van der Waals surface area contributed by atoms with Gasteiger partial charge in [0, 0.05) is 10.4 Å². The predicted octanol–water partition coefficient (Wildman–Crippen LogP) is 2.31. The average Bonchev–Trinajstić information content (AvgIpc) is 2.84. The smallest absolute Gasteiger partial charge is 0.124 e. The highest BCUT2D eigenvalue weighted by Crippen LogP contribution is 2.31. The third kappa shape index (κ3) is 2.09. The number of hydrogen-bond donors (Lipinski definition) is 2. The van der Waals surface area contributed by atoms with E-state index in [2.05, 4.69) is 11.5 Å². The van der Waals surface area contributed by atoms with Gasteiger partial charge >= 0.3 is 0 Å². The number of rotatable bonds is 4. The highest BCUT2D eigenvalue weighted by atomic mass is 32.1. The molecule has 0 amide bonds. The van der Waals surface area contributed by atoms with Gasteiger partial charge in [-0.25, -0.2) is 5.43 Å². The van der Waals surface area contributed by atoms with Gasteiger partial charge in [-0.05, 0) is 17.5 Å². The SMILES string of the molecule is COc1ccccc1C(NN)c1cccs1. The van der Waals surface area contributed by atoms with Gasteiger partial charge in [0.1, 0.15) is 5.75 Å². The van der Waals surface area contributed by atoms with E-state index in [9.17, 15) is 0 Å². The molecule has 0 spiro atoms. The summed E-state index contributed by atoms with van der Waals surface area (Å²) in [5.74, 6) is 6.47. The van der Waals surface area contributed by atoms with Crippen molar-refractivity contribution in [2.24, 2.45) is 5.84 Å². The number of nitrogens with one attached hydrogen (secondary N) is 1. The molecule has 84 valence electrons. The molecule has 2 rings (SSSR count). The second-order valence-corrected chi connectivity index (χ2v) is 4.34. The number of ether oxygens (including phenoxy) is 1. The maximum atomic E-state index is 5.62. The topological polar surface area (TPSA) is 47.3 Å². The van der Waals surface area contributed by atoms with Gasteiger partial charge in [0.25, 0.3) is 0 Å². The zero-order valence-corrected chi connectivity index (χ0v) is 9.83. The van der Waals surface area contributed by atoms with Crippen LogP contribution in [0, 0.1) is 0 Å². The van der Waals surface area contributed by atoms with Crippen molar-refractivity contribution in [1.29, 1.82) is 0 Å². The molecule has 0 aliphatic carbocycles. The monoisotopic (exact) mass is 234 g/mol. The summed E-state index contributed by atoms with van der Waals surface area (Å²) >= 11 is 1.67. The fraction of sp³-hybridized carbons (Fsp3) is 0.167. The van der Waals surface area contributed by atoms with E-state index in [4.69, 9.17) is 10.6 Å². The zero-order chi connectivity index (χ0) is 11.4. The van der Waals surface area contributed by atoms with Crippen LogP contribution in [-0.2, 0) is 0 Å². The van der Waals surface area contributed by atoms with Crippen LogP contribution < -0.4 is 16.0 Å². The summed E-state index contributed by atoms with van der Waals surface area (Å²) in [6.45, 7) is 0. The molecule has 0 fully saturated rings. The predicted molar refractivity (Wildman–Crippen MR) is 66.5 cm³/mol. The molecular weight excluding hydrogens is 220 g/mol. The first kappa shape index (κ1) is 11.1. The third-order valence-corrected chi connectivity index (χ3v) is 3.38. The second kappa shape index (κ2) is 5.12. The van der Waals surface area contributed by atoms with Crippen LogP contribution in [0.3, 0.4) is 0 Å². The minimum atomic E-state index is -0.0175. The van der Waals surface area contributed by atoms with Gasteiger partial charge in [-0.2, -0.15) is 0 Å². The molecule has 1 heterocycles. The first-order valence-corrected chi connectivity index (χ1v) is 5.87. The Bertz CT molecular complexity index is 442. The molecule has 3 nitrogen and oxygen atoms in total. The van der Waals surface area contributed by atoms with Crippen molar-refractivity contribution in [2.75, 3.05) is 7.11 Å². The van der Waals surface area contributed by atoms with E-state index in [1.54, 1.807) is 18.4 Å². The second-order valence-electron chi connectivity index (χ2n) is 3.36. The summed E-state index contributed by atoms with van der Waals surface area (Å²) in [4.78, 5) is 1.17. The molecule has 0 saturated heterocycles. The minimum absolute atomic E-state index is 0.0175. The first-order valence-electron chi connectivity index (χ1n) is 4.99. The Morgan fingerprint density at radius 3 is 2.69 bits per heavy atom. The van der Waals surface area contributed by atoms with Crippen molar-refractivity contribution in [3.05, 3.63) is 52.2 Å². The third-order valence-electron chi connectivity index (χ3n) is 2.44. The maximum Gasteiger partial charge on any atom is 0.124 e. The Hall–Kier alpha value is -1.36. The fourth-order valence-corrected chi connectivity index (χ4v) is 2.49. The van der Waals surface area contributed by atoms with E-state index in [1.165, 1.54) is 4.88 Å². The van der Waals surface area contributed by atoms with Crippen molar-refractivity contribution in [3.8, 4) is 5.75 Å². The number of nitrogens with two attached hydrogens (primary N) is 1. The fourth-order valence-electron chi connectivity index (χ4n) is 1.69. The molecule has 3 N–H and O–H groups in total. The largest absolute Gasteiger partial charge is 0.496 e. The first-order chi connectivity index (χ1) is 7.86. The zero-order valence-electron chi connectivity index (χ0n) is 9.01. The van der Waals surface area contributed by atoms with Gasteiger partial charge in [-0.15, -0.1) is 11.3 Å². The molecule has 0 aliphatic rings. The summed E-state index contributed by atoms with van der Waals surface area (Å²) in [6, 6.07) is 11.9. The summed E-state index contributed by atoms with van der Waals surface area (Å²) < 4.78 is 5.34. The molecule has 1 aromatic carbocycles. The molecule has 0 bridgehead atoms. The molecule has 16 heavy (non-hydrogen) atoms. The van der Waals surface area contributed by atoms with Crippen LogP contribution in [0.25, 0.3) is 0 Å². The Morgan fingerprint density at radius 1 is 1.25 bits per heavy atom. The van der Waals surface area contributed by atoms with Crippen molar-refractivity contribution in [2.45, 2.75) is 6.04 Å². The summed E-state index contributed by atoms with van der Waals surface area (Å²) in [5, 5.41) is 2.04. The highest BCUT2D eigenvalue weighted by Gasteiger charge is 2.16. The van der Waals surface area contributed by atoms with Gasteiger partial charge in [-0.1, -0.05) is 24.3 Å². The average molecular weight is 234 g/mol. The van der Waals surface area contributed by atoms with E-state index in [1.807, 2.05) is 35.7 Å². The van der Waals surface area contributed by atoms with Gasteiger partial charge in [0.15, 0.2) is 0 Å². The Morgan fingerprint density at radius 2 is 2.06 bits per heavy atom. The van der Waals surface area contributed by atoms with Gasteiger partial charge in [0.2, 0.25) is 0 Å². The Balaban J connectivity index is 2.41. The minimum Gasteiger partial charge on any atom is -0.496 e. The Labute approximate surface area is 98.8 Å². The quantitative estimate of drug-likeness (QED) is 0.630. The number of para-hydroxylation sites is 1. The maximum absolute atomic E-state index is 5.62. The summed E-state index contributed by atoms with van der Waals surface area (Å²) in [5.41, 5.74) is 3.88. The number of hydrazine groups is 1. The van der Waals surface area contributed by atoms with Crippen molar-refractivity contribution in [1.82, 2.24) is 5.43 Å². The van der Waals surface area contributed by atoms with Gasteiger partial charge in [-0.3, -0.25) is 5.84 Å². The van der Waals surface area contributed by atoms with Crippen LogP contribution in [0.2, 0.25) is 0 Å². The van der Waals surface area contributed by atoms with Crippen LogP contribution in [-0.4, -0.2) is 7.11 Å². The number of thiophene rings is 1. The lowest BCUT2D eigenvalue weighted by molar-refractivity contribution is 0.404. The summed E-state index contributed by atoms with van der Waals surface area (Å²) in [7, 11) is 1.67. The number of benzene rings is 1. The molecule has 1 aromatic heterocycles.